The van der Waals surface area contributed by atoms with Gasteiger partial charge in [-0.1, -0.05) is 13.3 Å². The van der Waals surface area contributed by atoms with Crippen molar-refractivity contribution in [1.82, 2.24) is 4.90 Å². The molecule has 0 radical (unpaired) electrons. The van der Waals surface area contributed by atoms with E-state index in [1.807, 2.05) is 0 Å². The quantitative estimate of drug-likeness (QED) is 0.817. The van der Waals surface area contributed by atoms with Crippen LogP contribution in [-0.2, 0) is 9.53 Å². The SMILES string of the molecule is CCCC1CC(C(=O)N(C)CC(C)(C)O)CCO1. The van der Waals surface area contributed by atoms with E-state index in [9.17, 15) is 9.90 Å². The summed E-state index contributed by atoms with van der Waals surface area (Å²) >= 11 is 0. The van der Waals surface area contributed by atoms with Gasteiger partial charge < -0.3 is 14.7 Å². The monoisotopic (exact) mass is 257 g/mol. The third-order valence-electron chi connectivity index (χ3n) is 3.33. The van der Waals surface area contributed by atoms with Gasteiger partial charge in [0, 0.05) is 26.1 Å². The minimum absolute atomic E-state index is 0.0580. The molecule has 1 fully saturated rings. The molecule has 1 N–H and O–H groups in total. The van der Waals surface area contributed by atoms with E-state index < -0.39 is 5.60 Å². The maximum absolute atomic E-state index is 12.3. The van der Waals surface area contributed by atoms with Gasteiger partial charge in [0.2, 0.25) is 5.91 Å². The highest BCUT2D eigenvalue weighted by molar-refractivity contribution is 5.78. The molecule has 0 saturated carbocycles. The number of nitrogens with zero attached hydrogens (tertiary/aromatic N) is 1. The first kappa shape index (κ1) is 15.4. The Morgan fingerprint density at radius 3 is 2.72 bits per heavy atom. The molecule has 1 rings (SSSR count). The van der Waals surface area contributed by atoms with Gasteiger partial charge in [0.1, 0.15) is 0 Å². The Hall–Kier alpha value is -0.610. The fourth-order valence-electron chi connectivity index (χ4n) is 2.60. The summed E-state index contributed by atoms with van der Waals surface area (Å²) in [5, 5.41) is 9.75. The smallest absolute Gasteiger partial charge is 0.225 e. The average molecular weight is 257 g/mol. The van der Waals surface area contributed by atoms with Crippen LogP contribution in [0.15, 0.2) is 0 Å². The maximum atomic E-state index is 12.3. The topological polar surface area (TPSA) is 49.8 Å². The van der Waals surface area contributed by atoms with Crippen molar-refractivity contribution in [3.8, 4) is 0 Å². The third-order valence-corrected chi connectivity index (χ3v) is 3.33. The minimum atomic E-state index is -0.835. The van der Waals surface area contributed by atoms with E-state index in [1.54, 1.807) is 25.8 Å². The van der Waals surface area contributed by atoms with Crippen molar-refractivity contribution in [3.63, 3.8) is 0 Å². The molecule has 1 saturated heterocycles. The number of carbonyl (C=O) groups excluding carboxylic acids is 1. The van der Waals surface area contributed by atoms with Gasteiger partial charge >= 0.3 is 0 Å². The Balaban J connectivity index is 2.50. The van der Waals surface area contributed by atoms with Crippen molar-refractivity contribution in [2.24, 2.45) is 5.92 Å². The lowest BCUT2D eigenvalue weighted by atomic mass is 9.92. The van der Waals surface area contributed by atoms with Gasteiger partial charge in [0.15, 0.2) is 0 Å². The van der Waals surface area contributed by atoms with Crippen molar-refractivity contribution >= 4 is 5.91 Å². The van der Waals surface area contributed by atoms with Crippen molar-refractivity contribution < 1.29 is 14.6 Å². The molecule has 4 nitrogen and oxygen atoms in total. The molecule has 2 atom stereocenters. The molecule has 4 heteroatoms. The lowest BCUT2D eigenvalue weighted by Gasteiger charge is -2.33. The van der Waals surface area contributed by atoms with E-state index in [0.717, 1.165) is 25.7 Å². The average Bonchev–Trinajstić information content (AvgIpc) is 2.26. The van der Waals surface area contributed by atoms with Gasteiger partial charge in [0.05, 0.1) is 11.7 Å². The van der Waals surface area contributed by atoms with Gasteiger partial charge in [-0.3, -0.25) is 4.79 Å². The fourth-order valence-corrected chi connectivity index (χ4v) is 2.60. The first-order valence-electron chi connectivity index (χ1n) is 6.92. The highest BCUT2D eigenvalue weighted by atomic mass is 16.5. The van der Waals surface area contributed by atoms with Crippen LogP contribution in [0.3, 0.4) is 0 Å². The molecule has 0 spiro atoms. The largest absolute Gasteiger partial charge is 0.389 e. The molecule has 18 heavy (non-hydrogen) atoms. The summed E-state index contributed by atoms with van der Waals surface area (Å²) in [6.07, 6.45) is 3.97. The lowest BCUT2D eigenvalue weighted by Crippen LogP contribution is -2.44. The molecule has 0 aromatic heterocycles. The second kappa shape index (κ2) is 6.53. The van der Waals surface area contributed by atoms with Gasteiger partial charge in [-0.05, 0) is 33.1 Å². The van der Waals surface area contributed by atoms with Crippen LogP contribution >= 0.6 is 0 Å². The number of hydrogen-bond acceptors (Lipinski definition) is 3. The van der Waals surface area contributed by atoms with Gasteiger partial charge in [-0.15, -0.1) is 0 Å². The van der Waals surface area contributed by atoms with Crippen LogP contribution in [0.5, 0.6) is 0 Å². The van der Waals surface area contributed by atoms with Crippen LogP contribution < -0.4 is 0 Å². The summed E-state index contributed by atoms with van der Waals surface area (Å²) < 4.78 is 5.66. The number of hydrogen-bond donors (Lipinski definition) is 1. The number of rotatable bonds is 5. The second-order valence-corrected chi connectivity index (χ2v) is 6.01. The Kier molecular flexibility index (Phi) is 5.60. The molecule has 1 heterocycles. The molecule has 2 unspecified atom stereocenters. The molecule has 1 aliphatic heterocycles. The van der Waals surface area contributed by atoms with E-state index >= 15 is 0 Å². The van der Waals surface area contributed by atoms with E-state index in [-0.39, 0.29) is 17.9 Å². The van der Waals surface area contributed by atoms with Gasteiger partial charge in [-0.2, -0.15) is 0 Å². The zero-order valence-electron chi connectivity index (χ0n) is 12.1. The molecule has 106 valence electrons. The lowest BCUT2D eigenvalue weighted by molar-refractivity contribution is -0.142. The van der Waals surface area contributed by atoms with E-state index in [1.165, 1.54) is 0 Å². The molecule has 0 aromatic carbocycles. The molecule has 0 aliphatic carbocycles. The summed E-state index contributed by atoms with van der Waals surface area (Å²) in [5.41, 5.74) is -0.835. The number of amides is 1. The maximum Gasteiger partial charge on any atom is 0.225 e. The molecular weight excluding hydrogens is 230 g/mol. The van der Waals surface area contributed by atoms with Crippen LogP contribution in [0, 0.1) is 5.92 Å². The van der Waals surface area contributed by atoms with E-state index in [0.29, 0.717) is 13.2 Å². The van der Waals surface area contributed by atoms with Crippen LogP contribution in [0.4, 0.5) is 0 Å². The predicted octanol–water partition coefficient (Wildman–Crippen LogP) is 1.81. The summed E-state index contributed by atoms with van der Waals surface area (Å²) in [4.78, 5) is 13.9. The number of ether oxygens (including phenoxy) is 1. The van der Waals surface area contributed by atoms with E-state index in [2.05, 4.69) is 6.92 Å². The zero-order valence-corrected chi connectivity index (χ0v) is 12.1. The second-order valence-electron chi connectivity index (χ2n) is 6.01. The van der Waals surface area contributed by atoms with Crippen molar-refractivity contribution in [2.75, 3.05) is 20.2 Å². The van der Waals surface area contributed by atoms with Crippen LogP contribution in [0.1, 0.15) is 46.5 Å². The first-order chi connectivity index (χ1) is 8.33. The summed E-state index contributed by atoms with van der Waals surface area (Å²) in [6, 6.07) is 0. The van der Waals surface area contributed by atoms with Crippen molar-refractivity contribution in [1.29, 1.82) is 0 Å². The molecule has 0 bridgehead atoms. The Bertz CT molecular complexity index is 271. The van der Waals surface area contributed by atoms with Crippen LogP contribution in [0.25, 0.3) is 0 Å². The zero-order chi connectivity index (χ0) is 13.8. The minimum Gasteiger partial charge on any atom is -0.389 e. The van der Waals surface area contributed by atoms with Crippen LogP contribution in [-0.4, -0.2) is 47.8 Å². The van der Waals surface area contributed by atoms with Gasteiger partial charge in [-0.25, -0.2) is 0 Å². The first-order valence-corrected chi connectivity index (χ1v) is 6.92. The van der Waals surface area contributed by atoms with Crippen LogP contribution in [0.2, 0.25) is 0 Å². The van der Waals surface area contributed by atoms with E-state index in [4.69, 9.17) is 4.74 Å². The predicted molar refractivity (Wildman–Crippen MR) is 71.3 cm³/mol. The molecule has 1 amide bonds. The number of aliphatic hydroxyl groups is 1. The number of carbonyl (C=O) groups is 1. The highest BCUT2D eigenvalue weighted by Gasteiger charge is 2.30. The molecular formula is C14H27NO3. The Morgan fingerprint density at radius 2 is 2.17 bits per heavy atom. The molecule has 0 aromatic rings. The highest BCUT2D eigenvalue weighted by Crippen LogP contribution is 2.25. The standard InChI is InChI=1S/C14H27NO3/c1-5-6-12-9-11(7-8-18-12)13(16)15(4)10-14(2,3)17/h11-12,17H,5-10H2,1-4H3. The van der Waals surface area contributed by atoms with Gasteiger partial charge in [0.25, 0.3) is 0 Å². The molecule has 1 aliphatic rings. The third kappa shape index (κ3) is 4.94. The normalized spacial score (nSPS) is 24.9. The Labute approximate surface area is 110 Å². The summed E-state index contributed by atoms with van der Waals surface area (Å²) in [6.45, 7) is 6.63. The Morgan fingerprint density at radius 1 is 1.50 bits per heavy atom. The summed E-state index contributed by atoms with van der Waals surface area (Å²) in [7, 11) is 1.77. The number of likely N-dealkylation sites (N-methyl/N-ethyl adjacent to an activating group) is 1. The fraction of sp³-hybridized carbons (Fsp3) is 0.929. The summed E-state index contributed by atoms with van der Waals surface area (Å²) in [5.74, 6) is 0.198. The van der Waals surface area contributed by atoms with Crippen molar-refractivity contribution in [2.45, 2.75) is 58.2 Å². The van der Waals surface area contributed by atoms with Crippen molar-refractivity contribution in [3.05, 3.63) is 0 Å².